The first kappa shape index (κ1) is 12.3. The molecule has 20 heavy (non-hydrogen) atoms. The van der Waals surface area contributed by atoms with E-state index in [-0.39, 0.29) is 0 Å². The van der Waals surface area contributed by atoms with Crippen LogP contribution in [0.5, 0.6) is 0 Å². The van der Waals surface area contributed by atoms with Crippen LogP contribution in [0.3, 0.4) is 0 Å². The SMILES string of the molecule is CCOC(=O)c1cnn2c(-c3ccnn3C)ccnc12. The fourth-order valence-electron chi connectivity index (χ4n) is 2.06. The summed E-state index contributed by atoms with van der Waals surface area (Å²) in [4.78, 5) is 16.1. The van der Waals surface area contributed by atoms with Crippen LogP contribution >= 0.6 is 0 Å². The molecule has 0 amide bonds. The average molecular weight is 271 g/mol. The molecule has 7 heteroatoms. The molecule has 7 nitrogen and oxygen atoms in total. The van der Waals surface area contributed by atoms with Gasteiger partial charge in [0.2, 0.25) is 0 Å². The maximum absolute atomic E-state index is 11.9. The second-order valence-electron chi connectivity index (χ2n) is 4.18. The van der Waals surface area contributed by atoms with E-state index in [4.69, 9.17) is 4.74 Å². The first-order valence-electron chi connectivity index (χ1n) is 6.20. The predicted octanol–water partition coefficient (Wildman–Crippen LogP) is 1.31. The molecule has 0 aliphatic rings. The lowest BCUT2D eigenvalue weighted by molar-refractivity contribution is 0.0528. The zero-order valence-corrected chi connectivity index (χ0v) is 11.1. The van der Waals surface area contributed by atoms with Crippen molar-refractivity contribution in [3.8, 4) is 11.4 Å². The van der Waals surface area contributed by atoms with E-state index in [1.165, 1.54) is 6.20 Å². The van der Waals surface area contributed by atoms with E-state index in [0.29, 0.717) is 17.8 Å². The number of ether oxygens (including phenoxy) is 1. The van der Waals surface area contributed by atoms with Crippen molar-refractivity contribution in [2.75, 3.05) is 6.61 Å². The smallest absolute Gasteiger partial charge is 0.343 e. The van der Waals surface area contributed by atoms with Gasteiger partial charge in [-0.1, -0.05) is 0 Å². The fraction of sp³-hybridized carbons (Fsp3) is 0.231. The second-order valence-corrected chi connectivity index (χ2v) is 4.18. The molecule has 0 aliphatic heterocycles. The lowest BCUT2D eigenvalue weighted by Crippen LogP contribution is -2.06. The van der Waals surface area contributed by atoms with Crippen LogP contribution in [0.4, 0.5) is 0 Å². The molecule has 0 saturated heterocycles. The topological polar surface area (TPSA) is 74.3 Å². The van der Waals surface area contributed by atoms with Crippen molar-refractivity contribution in [2.45, 2.75) is 6.92 Å². The Morgan fingerprint density at radius 3 is 2.75 bits per heavy atom. The summed E-state index contributed by atoms with van der Waals surface area (Å²) in [6.45, 7) is 2.08. The van der Waals surface area contributed by atoms with Gasteiger partial charge in [-0.25, -0.2) is 14.3 Å². The minimum absolute atomic E-state index is 0.317. The summed E-state index contributed by atoms with van der Waals surface area (Å²) in [5, 5.41) is 8.37. The van der Waals surface area contributed by atoms with Crippen molar-refractivity contribution in [1.82, 2.24) is 24.4 Å². The highest BCUT2D eigenvalue weighted by molar-refractivity contribution is 5.95. The molecule has 0 aliphatic carbocycles. The van der Waals surface area contributed by atoms with Gasteiger partial charge in [0.15, 0.2) is 5.65 Å². The van der Waals surface area contributed by atoms with Crippen molar-refractivity contribution in [2.24, 2.45) is 7.05 Å². The fourth-order valence-corrected chi connectivity index (χ4v) is 2.06. The Morgan fingerprint density at radius 2 is 2.05 bits per heavy atom. The molecule has 0 spiro atoms. The molecule has 3 heterocycles. The highest BCUT2D eigenvalue weighted by Gasteiger charge is 2.17. The number of carbonyl (C=O) groups excluding carboxylic acids is 1. The number of nitrogens with zero attached hydrogens (tertiary/aromatic N) is 5. The molecular formula is C13H13N5O2. The Kier molecular flexibility index (Phi) is 2.94. The minimum atomic E-state index is -0.419. The number of fused-ring (bicyclic) bond motifs is 1. The van der Waals surface area contributed by atoms with Gasteiger partial charge in [-0.3, -0.25) is 4.68 Å². The number of aromatic nitrogens is 5. The van der Waals surface area contributed by atoms with Gasteiger partial charge < -0.3 is 4.74 Å². The van der Waals surface area contributed by atoms with Gasteiger partial charge in [0, 0.05) is 19.4 Å². The third-order valence-corrected chi connectivity index (χ3v) is 2.98. The van der Waals surface area contributed by atoms with Gasteiger partial charge in [0.1, 0.15) is 5.56 Å². The van der Waals surface area contributed by atoms with Crippen LogP contribution in [0, 0.1) is 0 Å². The van der Waals surface area contributed by atoms with E-state index in [2.05, 4.69) is 15.2 Å². The number of carbonyl (C=O) groups is 1. The van der Waals surface area contributed by atoms with E-state index in [1.54, 1.807) is 28.5 Å². The largest absolute Gasteiger partial charge is 0.462 e. The molecule has 0 saturated carbocycles. The van der Waals surface area contributed by atoms with Gasteiger partial charge in [-0.15, -0.1) is 0 Å². The van der Waals surface area contributed by atoms with Gasteiger partial charge in [-0.2, -0.15) is 10.2 Å². The summed E-state index contributed by atoms with van der Waals surface area (Å²) >= 11 is 0. The maximum Gasteiger partial charge on any atom is 0.343 e. The number of aryl methyl sites for hydroxylation is 1. The number of hydrogen-bond donors (Lipinski definition) is 0. The Balaban J connectivity index is 2.18. The zero-order chi connectivity index (χ0) is 14.1. The number of rotatable bonds is 3. The molecule has 3 aromatic rings. The summed E-state index contributed by atoms with van der Waals surface area (Å²) in [5.74, 6) is -0.419. The summed E-state index contributed by atoms with van der Waals surface area (Å²) < 4.78 is 8.35. The van der Waals surface area contributed by atoms with Crippen LogP contribution in [0.25, 0.3) is 17.0 Å². The van der Waals surface area contributed by atoms with Crippen LogP contribution < -0.4 is 0 Å². The molecule has 0 unspecified atom stereocenters. The highest BCUT2D eigenvalue weighted by atomic mass is 16.5. The molecule has 0 aromatic carbocycles. The van der Waals surface area contributed by atoms with Gasteiger partial charge in [0.25, 0.3) is 0 Å². The molecule has 3 rings (SSSR count). The van der Waals surface area contributed by atoms with E-state index >= 15 is 0 Å². The summed E-state index contributed by atoms with van der Waals surface area (Å²) in [6.07, 6.45) is 4.82. The zero-order valence-electron chi connectivity index (χ0n) is 11.1. The quantitative estimate of drug-likeness (QED) is 0.671. The van der Waals surface area contributed by atoms with Crippen molar-refractivity contribution >= 4 is 11.6 Å². The number of esters is 1. The van der Waals surface area contributed by atoms with Crippen molar-refractivity contribution in [1.29, 1.82) is 0 Å². The van der Waals surface area contributed by atoms with Crippen molar-refractivity contribution in [3.63, 3.8) is 0 Å². The maximum atomic E-state index is 11.9. The third-order valence-electron chi connectivity index (χ3n) is 2.98. The Bertz CT molecular complexity index is 774. The molecular weight excluding hydrogens is 258 g/mol. The van der Waals surface area contributed by atoms with Crippen LogP contribution in [0.1, 0.15) is 17.3 Å². The normalized spacial score (nSPS) is 10.9. The van der Waals surface area contributed by atoms with Crippen LogP contribution in [-0.2, 0) is 11.8 Å². The van der Waals surface area contributed by atoms with E-state index in [1.807, 2.05) is 19.2 Å². The molecule has 0 fully saturated rings. The Morgan fingerprint density at radius 1 is 1.25 bits per heavy atom. The lowest BCUT2D eigenvalue weighted by atomic mass is 10.3. The lowest BCUT2D eigenvalue weighted by Gasteiger charge is -2.05. The Labute approximate surface area is 114 Å². The molecule has 102 valence electrons. The predicted molar refractivity (Wildman–Crippen MR) is 71.1 cm³/mol. The summed E-state index contributed by atoms with van der Waals surface area (Å²) in [6, 6.07) is 3.70. The van der Waals surface area contributed by atoms with Gasteiger partial charge >= 0.3 is 5.97 Å². The number of hydrogen-bond acceptors (Lipinski definition) is 5. The molecule has 3 aromatic heterocycles. The van der Waals surface area contributed by atoms with E-state index in [9.17, 15) is 4.79 Å². The van der Waals surface area contributed by atoms with E-state index in [0.717, 1.165) is 11.4 Å². The van der Waals surface area contributed by atoms with Crippen LogP contribution in [-0.4, -0.2) is 37.0 Å². The summed E-state index contributed by atoms with van der Waals surface area (Å²) in [7, 11) is 1.84. The monoisotopic (exact) mass is 271 g/mol. The summed E-state index contributed by atoms with van der Waals surface area (Å²) in [5.41, 5.74) is 2.53. The minimum Gasteiger partial charge on any atom is -0.462 e. The third kappa shape index (κ3) is 1.83. The van der Waals surface area contributed by atoms with Crippen molar-refractivity contribution < 1.29 is 9.53 Å². The molecule has 0 N–H and O–H groups in total. The molecule has 0 radical (unpaired) electrons. The van der Waals surface area contributed by atoms with Crippen molar-refractivity contribution in [3.05, 3.63) is 36.3 Å². The van der Waals surface area contributed by atoms with Crippen LogP contribution in [0.15, 0.2) is 30.7 Å². The Hall–Kier alpha value is -2.70. The van der Waals surface area contributed by atoms with Gasteiger partial charge in [0.05, 0.1) is 24.2 Å². The first-order valence-corrected chi connectivity index (χ1v) is 6.20. The molecule has 0 atom stereocenters. The average Bonchev–Trinajstić information content (AvgIpc) is 3.04. The highest BCUT2D eigenvalue weighted by Crippen LogP contribution is 2.20. The standard InChI is InChI=1S/C13H13N5O2/c1-3-20-13(19)9-8-16-18-11(4-6-14-12(9)18)10-5-7-15-17(10)2/h4-8H,3H2,1-2H3. The molecule has 0 bridgehead atoms. The second kappa shape index (κ2) is 4.76. The first-order chi connectivity index (χ1) is 9.72. The van der Waals surface area contributed by atoms with E-state index < -0.39 is 5.97 Å². The van der Waals surface area contributed by atoms with Crippen LogP contribution in [0.2, 0.25) is 0 Å². The van der Waals surface area contributed by atoms with Gasteiger partial charge in [-0.05, 0) is 19.1 Å².